The van der Waals surface area contributed by atoms with Crippen LogP contribution >= 0.6 is 0 Å². The average molecular weight is 388 g/mol. The van der Waals surface area contributed by atoms with Crippen molar-refractivity contribution in [3.8, 4) is 11.4 Å². The van der Waals surface area contributed by atoms with Crippen LogP contribution in [0.3, 0.4) is 0 Å². The first-order chi connectivity index (χ1) is 12.0. The maximum absolute atomic E-state index is 13.3. The van der Waals surface area contributed by atoms with E-state index in [9.17, 15) is 18.3 Å². The molecule has 0 saturated heterocycles. The molecule has 6 nitrogen and oxygen atoms in total. The van der Waals surface area contributed by atoms with E-state index < -0.39 is 20.1 Å². The third kappa shape index (κ3) is 5.12. The van der Waals surface area contributed by atoms with Gasteiger partial charge in [0.2, 0.25) is 5.82 Å². The fourth-order valence-electron chi connectivity index (χ4n) is 2.27. The lowest BCUT2D eigenvalue weighted by Gasteiger charge is -2.17. The van der Waals surface area contributed by atoms with E-state index in [1.54, 1.807) is 13.0 Å². The van der Waals surface area contributed by atoms with Crippen LogP contribution in [0.15, 0.2) is 12.3 Å². The van der Waals surface area contributed by atoms with Crippen molar-refractivity contribution in [2.45, 2.75) is 52.1 Å². The van der Waals surface area contributed by atoms with Crippen LogP contribution in [0.2, 0.25) is 25.7 Å². The van der Waals surface area contributed by atoms with Crippen LogP contribution in [0, 0.1) is 6.92 Å². The van der Waals surface area contributed by atoms with E-state index in [-0.39, 0.29) is 19.2 Å². The molecular formula is C16H23F3N4O2Si. The summed E-state index contributed by atoms with van der Waals surface area (Å²) in [6.45, 7) is 8.06. The number of ether oxygens (including phenoxy) is 1. The highest BCUT2D eigenvalue weighted by atomic mass is 28.3. The number of pyridine rings is 1. The zero-order valence-electron chi connectivity index (χ0n) is 15.3. The first-order valence-corrected chi connectivity index (χ1v) is 11.9. The highest BCUT2D eigenvalue weighted by molar-refractivity contribution is 6.76. The summed E-state index contributed by atoms with van der Waals surface area (Å²) in [7, 11) is -1.35. The summed E-state index contributed by atoms with van der Waals surface area (Å²) in [5, 5.41) is 16.2. The second kappa shape index (κ2) is 7.85. The highest BCUT2D eigenvalue weighted by Gasteiger charge is 2.38. The lowest BCUT2D eigenvalue weighted by molar-refractivity contribution is -0.149. The molecule has 2 rings (SSSR count). The Morgan fingerprint density at radius 3 is 2.46 bits per heavy atom. The number of rotatable bonds is 7. The smallest absolute Gasteiger partial charge is 0.390 e. The lowest BCUT2D eigenvalue weighted by Crippen LogP contribution is -2.23. The molecule has 0 atom stereocenters. The minimum Gasteiger partial charge on any atom is -0.390 e. The van der Waals surface area contributed by atoms with Crippen molar-refractivity contribution in [2.75, 3.05) is 6.61 Å². The molecule has 2 aromatic rings. The van der Waals surface area contributed by atoms with Crippen molar-refractivity contribution >= 4 is 8.07 Å². The number of nitrogens with zero attached hydrogens (tertiary/aromatic N) is 4. The van der Waals surface area contributed by atoms with Crippen molar-refractivity contribution in [1.82, 2.24) is 19.7 Å². The van der Waals surface area contributed by atoms with E-state index in [2.05, 4.69) is 34.8 Å². The number of alkyl halides is 3. The Hall–Kier alpha value is -1.78. The van der Waals surface area contributed by atoms with Crippen LogP contribution in [0.1, 0.15) is 17.1 Å². The molecule has 0 spiro atoms. The Balaban J connectivity index is 2.31. The number of aryl methyl sites for hydroxylation is 1. The van der Waals surface area contributed by atoms with Crippen molar-refractivity contribution in [3.05, 3.63) is 29.3 Å². The summed E-state index contributed by atoms with van der Waals surface area (Å²) >= 11 is 0. The van der Waals surface area contributed by atoms with Gasteiger partial charge in [-0.25, -0.2) is 0 Å². The van der Waals surface area contributed by atoms with Crippen molar-refractivity contribution in [1.29, 1.82) is 0 Å². The molecule has 144 valence electrons. The van der Waals surface area contributed by atoms with Crippen molar-refractivity contribution < 1.29 is 23.0 Å². The fraction of sp³-hybridized carbons (Fsp3) is 0.562. The standard InChI is InChI=1S/C16H23F3N4O2Si/c1-11-7-12(8-20-13(11)9-24)14-21-22-15(16(17,18)19)23(14)10-25-5-6-26(2,3)4/h7-8,24H,5-6,9-10H2,1-4H3. The number of aliphatic hydroxyl groups excluding tert-OH is 1. The molecule has 10 heteroatoms. The summed E-state index contributed by atoms with van der Waals surface area (Å²) in [6, 6.07) is 2.47. The molecule has 0 unspecified atom stereocenters. The minimum absolute atomic E-state index is 0.0328. The second-order valence-corrected chi connectivity index (χ2v) is 12.9. The number of hydrogen-bond acceptors (Lipinski definition) is 5. The molecule has 0 amide bonds. The van der Waals surface area contributed by atoms with Crippen LogP contribution in [-0.4, -0.2) is 39.5 Å². The normalized spacial score (nSPS) is 12.6. The molecule has 0 saturated carbocycles. The number of halogens is 3. The molecule has 0 aliphatic heterocycles. The van der Waals surface area contributed by atoms with E-state index >= 15 is 0 Å². The molecule has 0 aliphatic carbocycles. The van der Waals surface area contributed by atoms with Crippen LogP contribution in [0.25, 0.3) is 11.4 Å². The van der Waals surface area contributed by atoms with Gasteiger partial charge in [0, 0.05) is 26.4 Å². The van der Waals surface area contributed by atoms with E-state index in [1.165, 1.54) is 6.20 Å². The van der Waals surface area contributed by atoms with Gasteiger partial charge in [0.25, 0.3) is 0 Å². The Bertz CT molecular complexity index is 757. The largest absolute Gasteiger partial charge is 0.451 e. The third-order valence-electron chi connectivity index (χ3n) is 3.82. The van der Waals surface area contributed by atoms with E-state index in [4.69, 9.17) is 4.74 Å². The average Bonchev–Trinajstić information content (AvgIpc) is 2.94. The Morgan fingerprint density at radius 1 is 1.23 bits per heavy atom. The summed E-state index contributed by atoms with van der Waals surface area (Å²) in [4.78, 5) is 4.07. The third-order valence-corrected chi connectivity index (χ3v) is 5.52. The molecule has 1 N–H and O–H groups in total. The zero-order valence-corrected chi connectivity index (χ0v) is 16.3. The molecule has 0 bridgehead atoms. The molecule has 26 heavy (non-hydrogen) atoms. The minimum atomic E-state index is -4.64. The van der Waals surface area contributed by atoms with Gasteiger partial charge in [0.05, 0.1) is 12.3 Å². The molecule has 0 aliphatic rings. The van der Waals surface area contributed by atoms with Crippen molar-refractivity contribution in [2.24, 2.45) is 0 Å². The van der Waals surface area contributed by atoms with Crippen LogP contribution in [0.4, 0.5) is 13.2 Å². The van der Waals surface area contributed by atoms with Gasteiger partial charge in [0.15, 0.2) is 5.82 Å². The Labute approximate surface area is 151 Å². The van der Waals surface area contributed by atoms with Gasteiger partial charge in [-0.15, -0.1) is 10.2 Å². The number of aliphatic hydroxyl groups is 1. The summed E-state index contributed by atoms with van der Waals surface area (Å²) in [5.41, 5.74) is 1.51. The van der Waals surface area contributed by atoms with Crippen molar-refractivity contribution in [3.63, 3.8) is 0 Å². The molecule has 2 aromatic heterocycles. The van der Waals surface area contributed by atoms with Gasteiger partial charge in [-0.1, -0.05) is 19.6 Å². The van der Waals surface area contributed by atoms with E-state index in [0.29, 0.717) is 23.4 Å². The van der Waals surface area contributed by atoms with Crippen LogP contribution < -0.4 is 0 Å². The first-order valence-electron chi connectivity index (χ1n) is 8.18. The summed E-state index contributed by atoms with van der Waals surface area (Å²) in [5.74, 6) is -1.07. The van der Waals surface area contributed by atoms with Gasteiger partial charge in [-0.3, -0.25) is 9.55 Å². The molecule has 2 heterocycles. The molecule has 0 fully saturated rings. The molecule has 0 radical (unpaired) electrons. The first kappa shape index (κ1) is 20.5. The Kier molecular flexibility index (Phi) is 6.19. The number of aromatic nitrogens is 4. The SMILES string of the molecule is Cc1cc(-c2nnc(C(F)(F)F)n2COCC[Si](C)(C)C)cnc1CO. The maximum Gasteiger partial charge on any atom is 0.451 e. The highest BCUT2D eigenvalue weighted by Crippen LogP contribution is 2.31. The van der Waals surface area contributed by atoms with E-state index in [0.717, 1.165) is 10.6 Å². The van der Waals surface area contributed by atoms with Gasteiger partial charge in [-0.2, -0.15) is 13.2 Å². The quantitative estimate of drug-likeness (QED) is 0.581. The van der Waals surface area contributed by atoms with Gasteiger partial charge in [0.1, 0.15) is 6.73 Å². The van der Waals surface area contributed by atoms with Gasteiger partial charge in [-0.05, 0) is 24.6 Å². The van der Waals surface area contributed by atoms with Crippen LogP contribution in [-0.2, 0) is 24.3 Å². The summed E-state index contributed by atoms with van der Waals surface area (Å²) < 4.78 is 46.2. The predicted molar refractivity (Wildman–Crippen MR) is 93.0 cm³/mol. The van der Waals surface area contributed by atoms with Crippen LogP contribution in [0.5, 0.6) is 0 Å². The predicted octanol–water partition coefficient (Wildman–Crippen LogP) is 3.47. The Morgan fingerprint density at radius 2 is 1.92 bits per heavy atom. The maximum atomic E-state index is 13.3. The fourth-order valence-corrected chi connectivity index (χ4v) is 3.03. The number of hydrogen-bond donors (Lipinski definition) is 1. The van der Waals surface area contributed by atoms with E-state index in [1.807, 2.05) is 0 Å². The topological polar surface area (TPSA) is 73.1 Å². The second-order valence-electron chi connectivity index (χ2n) is 7.27. The summed E-state index contributed by atoms with van der Waals surface area (Å²) in [6.07, 6.45) is -3.26. The lowest BCUT2D eigenvalue weighted by atomic mass is 10.1. The zero-order chi connectivity index (χ0) is 19.5. The van der Waals surface area contributed by atoms with Gasteiger partial charge < -0.3 is 9.84 Å². The molecule has 0 aromatic carbocycles. The van der Waals surface area contributed by atoms with Gasteiger partial charge >= 0.3 is 6.18 Å². The monoisotopic (exact) mass is 388 g/mol. The molecular weight excluding hydrogens is 365 g/mol.